The van der Waals surface area contributed by atoms with Crippen molar-refractivity contribution in [1.29, 1.82) is 0 Å². The van der Waals surface area contributed by atoms with Crippen LogP contribution in [0.1, 0.15) is 17.9 Å². The molecule has 152 valence electrons. The number of para-hydroxylation sites is 2. The summed E-state index contributed by atoms with van der Waals surface area (Å²) in [5.74, 6) is -2.43. The van der Waals surface area contributed by atoms with Crippen molar-refractivity contribution in [2.45, 2.75) is 19.6 Å². The van der Waals surface area contributed by atoms with E-state index in [-0.39, 0.29) is 17.0 Å². The van der Waals surface area contributed by atoms with Crippen molar-refractivity contribution in [1.82, 2.24) is 4.98 Å². The number of carbonyl (C=O) groups excluding carboxylic acids is 1. The lowest BCUT2D eigenvalue weighted by Crippen LogP contribution is -2.22. The van der Waals surface area contributed by atoms with E-state index in [2.05, 4.69) is 14.5 Å². The number of alkyl halides is 4. The molecule has 0 aliphatic heterocycles. The molecule has 0 saturated carbocycles. The molecule has 0 unspecified atom stereocenters. The number of carboxylic acids is 1. The van der Waals surface area contributed by atoms with Gasteiger partial charge in [0.25, 0.3) is 0 Å². The fourth-order valence-corrected chi connectivity index (χ4v) is 2.55. The molecule has 0 amide bonds. The summed E-state index contributed by atoms with van der Waals surface area (Å²) < 4.78 is 64.3. The first kappa shape index (κ1) is 20.2. The average Bonchev–Trinajstić information content (AvgIpc) is 3.06. The monoisotopic (exact) mass is 410 g/mol. The first-order valence-electron chi connectivity index (χ1n) is 8.12. The number of oxazole rings is 1. The summed E-state index contributed by atoms with van der Waals surface area (Å²) in [6.07, 6.45) is 0.542. The van der Waals surface area contributed by atoms with Crippen molar-refractivity contribution in [3.63, 3.8) is 0 Å². The number of hydrogen-bond donors (Lipinski definition) is 0. The summed E-state index contributed by atoms with van der Waals surface area (Å²) in [6, 6.07) is 9.74. The van der Waals surface area contributed by atoms with E-state index in [1.54, 1.807) is 24.3 Å². The summed E-state index contributed by atoms with van der Waals surface area (Å²) in [6.45, 7) is -6.41. The number of fused-ring (bicyclic) bond motifs is 1. The van der Waals surface area contributed by atoms with E-state index in [9.17, 15) is 27.5 Å². The van der Waals surface area contributed by atoms with Gasteiger partial charge in [0.2, 0.25) is 5.89 Å². The van der Waals surface area contributed by atoms with Crippen molar-refractivity contribution in [2.24, 2.45) is 0 Å². The molecule has 0 atom stereocenters. The molecule has 6 nitrogen and oxygen atoms in total. The summed E-state index contributed by atoms with van der Waals surface area (Å²) in [7, 11) is 0. The van der Waals surface area contributed by atoms with E-state index in [0.29, 0.717) is 11.1 Å². The molecule has 1 aromatic heterocycles. The Morgan fingerprint density at radius 3 is 2.48 bits per heavy atom. The number of aromatic nitrogens is 1. The lowest BCUT2D eigenvalue weighted by Gasteiger charge is -2.12. The zero-order valence-electron chi connectivity index (χ0n) is 14.5. The highest BCUT2D eigenvalue weighted by Crippen LogP contribution is 2.32. The van der Waals surface area contributed by atoms with Gasteiger partial charge in [0, 0.05) is 29.6 Å². The van der Waals surface area contributed by atoms with E-state index in [4.69, 9.17) is 4.42 Å². The lowest BCUT2D eigenvalue weighted by molar-refractivity contribution is -0.304. The van der Waals surface area contributed by atoms with Crippen LogP contribution in [0.4, 0.5) is 17.6 Å². The lowest BCUT2D eigenvalue weighted by atomic mass is 10.1. The molecule has 29 heavy (non-hydrogen) atoms. The van der Waals surface area contributed by atoms with E-state index in [1.165, 1.54) is 6.08 Å². The van der Waals surface area contributed by atoms with Crippen LogP contribution in [0.5, 0.6) is 11.5 Å². The maximum absolute atomic E-state index is 12.7. The number of nitrogens with zero attached hydrogens (tertiary/aromatic N) is 1. The summed E-state index contributed by atoms with van der Waals surface area (Å²) >= 11 is 0. The van der Waals surface area contributed by atoms with Gasteiger partial charge in [-0.2, -0.15) is 17.6 Å². The van der Waals surface area contributed by atoms with E-state index >= 15 is 0 Å². The molecule has 0 bridgehead atoms. The zero-order valence-corrected chi connectivity index (χ0v) is 14.5. The van der Waals surface area contributed by atoms with Gasteiger partial charge < -0.3 is 23.8 Å². The van der Waals surface area contributed by atoms with Gasteiger partial charge in [-0.1, -0.05) is 12.1 Å². The summed E-state index contributed by atoms with van der Waals surface area (Å²) in [5.41, 5.74) is 0.821. The molecule has 1 heterocycles. The molecule has 3 rings (SSSR count). The Labute approximate surface area is 161 Å². The second-order valence-corrected chi connectivity index (χ2v) is 5.66. The largest absolute Gasteiger partial charge is 0.550 e. The molecule has 0 aliphatic rings. The minimum atomic E-state index is -3.25. The second kappa shape index (κ2) is 8.63. The Balaban J connectivity index is 2.07. The number of hydrogen-bond acceptors (Lipinski definition) is 6. The fourth-order valence-electron chi connectivity index (χ4n) is 2.55. The van der Waals surface area contributed by atoms with Crippen molar-refractivity contribution in [2.75, 3.05) is 0 Å². The molecule has 3 aromatic rings. The van der Waals surface area contributed by atoms with Crippen LogP contribution < -0.4 is 14.6 Å². The van der Waals surface area contributed by atoms with Gasteiger partial charge in [-0.05, 0) is 30.3 Å². The minimum absolute atomic E-state index is 0.00263. The van der Waals surface area contributed by atoms with Crippen LogP contribution in [-0.4, -0.2) is 24.2 Å². The molecule has 0 radical (unpaired) electrons. The Hall–Kier alpha value is -3.56. The predicted molar refractivity (Wildman–Crippen MR) is 91.2 cm³/mol. The predicted octanol–water partition coefficient (Wildman–Crippen LogP) is 3.71. The number of aliphatic carboxylic acids is 1. The molecule has 0 aliphatic carbocycles. The fraction of sp³-hybridized carbons (Fsp3) is 0.158. The van der Waals surface area contributed by atoms with Crippen LogP contribution in [0.3, 0.4) is 0 Å². The zero-order chi connectivity index (χ0) is 21.0. The quantitative estimate of drug-likeness (QED) is 0.527. The van der Waals surface area contributed by atoms with Gasteiger partial charge in [0.05, 0.1) is 0 Å². The number of benzene rings is 2. The first-order valence-corrected chi connectivity index (χ1v) is 8.12. The smallest absolute Gasteiger partial charge is 0.387 e. The SMILES string of the molecule is O=C([O-])C/C(=C\c1ccc(OC(F)F)cc1OC(F)F)c1nc2ccccc2o1. The maximum Gasteiger partial charge on any atom is 0.387 e. The van der Waals surface area contributed by atoms with Crippen molar-refractivity contribution in [3.05, 3.63) is 53.9 Å². The van der Waals surface area contributed by atoms with Crippen LogP contribution in [0.2, 0.25) is 0 Å². The third-order valence-corrected chi connectivity index (χ3v) is 3.66. The highest BCUT2D eigenvalue weighted by molar-refractivity contribution is 5.91. The molecule has 10 heteroatoms. The van der Waals surface area contributed by atoms with Crippen molar-refractivity contribution < 1.29 is 41.4 Å². The number of ether oxygens (including phenoxy) is 2. The number of halogens is 4. The number of carboxylic acid groups (broad SMARTS) is 1. The number of carbonyl (C=O) groups is 1. The third-order valence-electron chi connectivity index (χ3n) is 3.66. The van der Waals surface area contributed by atoms with Gasteiger partial charge in [0.1, 0.15) is 17.0 Å². The van der Waals surface area contributed by atoms with Gasteiger partial charge in [-0.15, -0.1) is 0 Å². The topological polar surface area (TPSA) is 84.6 Å². The van der Waals surface area contributed by atoms with Gasteiger partial charge in [-0.25, -0.2) is 4.98 Å². The number of rotatable bonds is 8. The van der Waals surface area contributed by atoms with Crippen LogP contribution >= 0.6 is 0 Å². The van der Waals surface area contributed by atoms with Crippen molar-refractivity contribution in [3.8, 4) is 11.5 Å². The van der Waals surface area contributed by atoms with Crippen LogP contribution in [-0.2, 0) is 4.79 Å². The Bertz CT molecular complexity index is 1020. The molecular formula is C19H12F4NO5-. The molecule has 0 spiro atoms. The average molecular weight is 410 g/mol. The molecular weight excluding hydrogens is 398 g/mol. The third kappa shape index (κ3) is 5.24. The van der Waals surface area contributed by atoms with Crippen LogP contribution in [0.15, 0.2) is 46.9 Å². The van der Waals surface area contributed by atoms with Crippen LogP contribution in [0, 0.1) is 0 Å². The standard InChI is InChI=1S/C19H13F4NO5/c20-18(21)27-12-6-5-10(15(9-12)29-19(22)23)7-11(8-16(25)26)17-24-13-3-1-2-4-14(13)28-17/h1-7,9,18-19H,8H2,(H,25,26)/p-1/b11-7+. The van der Waals surface area contributed by atoms with Gasteiger partial charge in [0.15, 0.2) is 5.58 Å². The highest BCUT2D eigenvalue weighted by Gasteiger charge is 2.16. The minimum Gasteiger partial charge on any atom is -0.550 e. The van der Waals surface area contributed by atoms with Gasteiger partial charge in [-0.3, -0.25) is 0 Å². The Kier molecular flexibility index (Phi) is 6.01. The second-order valence-electron chi connectivity index (χ2n) is 5.66. The summed E-state index contributed by atoms with van der Waals surface area (Å²) in [5, 5.41) is 11.2. The van der Waals surface area contributed by atoms with Gasteiger partial charge >= 0.3 is 13.2 Å². The summed E-state index contributed by atoms with van der Waals surface area (Å²) in [4.78, 5) is 15.3. The highest BCUT2D eigenvalue weighted by atomic mass is 19.3. The van der Waals surface area contributed by atoms with Crippen molar-refractivity contribution >= 4 is 28.7 Å². The molecule has 0 saturated heterocycles. The Morgan fingerprint density at radius 2 is 1.83 bits per heavy atom. The molecule has 0 N–H and O–H groups in total. The first-order chi connectivity index (χ1) is 13.8. The normalized spacial score (nSPS) is 12.0. The maximum atomic E-state index is 12.7. The van der Waals surface area contributed by atoms with E-state index in [0.717, 1.165) is 18.2 Å². The Morgan fingerprint density at radius 1 is 1.10 bits per heavy atom. The van der Waals surface area contributed by atoms with Crippen LogP contribution in [0.25, 0.3) is 22.7 Å². The van der Waals surface area contributed by atoms with E-state index in [1.807, 2.05) is 0 Å². The molecule has 0 fully saturated rings. The van der Waals surface area contributed by atoms with E-state index < -0.39 is 37.1 Å². The molecule has 2 aromatic carbocycles.